The van der Waals surface area contributed by atoms with Crippen molar-refractivity contribution in [2.45, 2.75) is 13.0 Å². The normalized spacial score (nSPS) is 10.4. The molecule has 0 aromatic carbocycles. The minimum Gasteiger partial charge on any atom is -0.375 e. The van der Waals surface area contributed by atoms with Gasteiger partial charge in [0.1, 0.15) is 5.15 Å². The van der Waals surface area contributed by atoms with E-state index in [4.69, 9.17) is 16.3 Å². The fraction of sp³-hybridized carbons (Fsp3) is 0.231. The molecule has 3 nitrogen and oxygen atoms in total. The van der Waals surface area contributed by atoms with Crippen molar-refractivity contribution in [2.75, 3.05) is 6.61 Å². The first-order valence-corrected chi connectivity index (χ1v) is 5.81. The molecule has 2 aromatic rings. The smallest absolute Gasteiger partial charge is 0.129 e. The molecule has 0 saturated heterocycles. The summed E-state index contributed by atoms with van der Waals surface area (Å²) in [5.74, 6) is 0. The molecule has 0 atom stereocenters. The second kappa shape index (κ2) is 6.33. The van der Waals surface area contributed by atoms with Gasteiger partial charge < -0.3 is 4.74 Å². The van der Waals surface area contributed by atoms with E-state index in [0.717, 1.165) is 17.8 Å². The van der Waals surface area contributed by atoms with Gasteiger partial charge >= 0.3 is 0 Å². The molecule has 0 unspecified atom stereocenters. The molecule has 0 aliphatic rings. The van der Waals surface area contributed by atoms with Crippen LogP contribution >= 0.6 is 11.6 Å². The number of nitrogens with zero attached hydrogens (tertiary/aromatic N) is 2. The van der Waals surface area contributed by atoms with Gasteiger partial charge in [-0.2, -0.15) is 0 Å². The predicted molar refractivity (Wildman–Crippen MR) is 66.8 cm³/mol. The lowest BCUT2D eigenvalue weighted by Crippen LogP contribution is -2.01. The van der Waals surface area contributed by atoms with Gasteiger partial charge in [-0.1, -0.05) is 23.7 Å². The van der Waals surface area contributed by atoms with Gasteiger partial charge in [0.15, 0.2) is 0 Å². The lowest BCUT2D eigenvalue weighted by atomic mass is 10.3. The van der Waals surface area contributed by atoms with Crippen LogP contribution in [-0.2, 0) is 17.8 Å². The molecule has 0 radical (unpaired) electrons. The summed E-state index contributed by atoms with van der Waals surface area (Å²) in [6.07, 6.45) is 2.59. The molecule has 0 amide bonds. The molecule has 2 rings (SSSR count). The highest BCUT2D eigenvalue weighted by molar-refractivity contribution is 6.29. The molecule has 4 heteroatoms. The second-order valence-electron chi connectivity index (χ2n) is 3.58. The third-order valence-corrected chi connectivity index (χ3v) is 2.46. The van der Waals surface area contributed by atoms with Crippen LogP contribution in [0, 0.1) is 0 Å². The summed E-state index contributed by atoms with van der Waals surface area (Å²) >= 11 is 5.78. The van der Waals surface area contributed by atoms with Crippen molar-refractivity contribution in [2.24, 2.45) is 0 Å². The molecule has 0 aliphatic heterocycles. The molecule has 0 N–H and O–H groups in total. The summed E-state index contributed by atoms with van der Waals surface area (Å²) in [5, 5.41) is 0.496. The van der Waals surface area contributed by atoms with Gasteiger partial charge in [-0.05, 0) is 24.3 Å². The highest BCUT2D eigenvalue weighted by Crippen LogP contribution is 2.06. The van der Waals surface area contributed by atoms with Gasteiger partial charge in [-0.3, -0.25) is 4.98 Å². The number of hydrogen-bond acceptors (Lipinski definition) is 3. The number of hydrogen-bond donors (Lipinski definition) is 0. The standard InChI is InChI=1S/C13H13ClN2O/c14-13-6-3-5-12(16-13)10-17-9-7-11-4-1-2-8-15-11/h1-6,8H,7,9-10H2. The monoisotopic (exact) mass is 248 g/mol. The maximum atomic E-state index is 5.78. The Balaban J connectivity index is 1.73. The summed E-state index contributed by atoms with van der Waals surface area (Å²) in [5.41, 5.74) is 1.88. The topological polar surface area (TPSA) is 35.0 Å². The zero-order valence-corrected chi connectivity index (χ0v) is 10.1. The van der Waals surface area contributed by atoms with E-state index in [1.54, 1.807) is 12.3 Å². The number of halogens is 1. The fourth-order valence-electron chi connectivity index (χ4n) is 1.43. The average Bonchev–Trinajstić information content (AvgIpc) is 2.36. The van der Waals surface area contributed by atoms with E-state index in [-0.39, 0.29) is 0 Å². The van der Waals surface area contributed by atoms with Crippen molar-refractivity contribution in [3.05, 3.63) is 59.1 Å². The number of rotatable bonds is 5. The summed E-state index contributed by atoms with van der Waals surface area (Å²) < 4.78 is 5.52. The van der Waals surface area contributed by atoms with Crippen molar-refractivity contribution < 1.29 is 4.74 Å². The van der Waals surface area contributed by atoms with Crippen LogP contribution in [-0.4, -0.2) is 16.6 Å². The molecule has 17 heavy (non-hydrogen) atoms. The zero-order chi connectivity index (χ0) is 11.9. The highest BCUT2D eigenvalue weighted by atomic mass is 35.5. The Morgan fingerprint density at radius 1 is 1.06 bits per heavy atom. The second-order valence-corrected chi connectivity index (χ2v) is 3.96. The van der Waals surface area contributed by atoms with E-state index >= 15 is 0 Å². The SMILES string of the molecule is Clc1cccc(COCCc2ccccn2)n1. The summed E-state index contributed by atoms with van der Waals surface area (Å²) in [6.45, 7) is 1.11. The largest absolute Gasteiger partial charge is 0.375 e. The molecule has 2 aromatic heterocycles. The summed E-state index contributed by atoms with van der Waals surface area (Å²) in [7, 11) is 0. The maximum Gasteiger partial charge on any atom is 0.129 e. The van der Waals surface area contributed by atoms with Crippen LogP contribution in [0.3, 0.4) is 0 Å². The van der Waals surface area contributed by atoms with Crippen LogP contribution in [0.25, 0.3) is 0 Å². The highest BCUT2D eigenvalue weighted by Gasteiger charge is 1.97. The maximum absolute atomic E-state index is 5.78. The molecule has 0 saturated carbocycles. The van der Waals surface area contributed by atoms with Crippen molar-refractivity contribution in [1.29, 1.82) is 0 Å². The van der Waals surface area contributed by atoms with Crippen molar-refractivity contribution in [3.63, 3.8) is 0 Å². The predicted octanol–water partition coefficient (Wildman–Crippen LogP) is 2.89. The fourth-order valence-corrected chi connectivity index (χ4v) is 1.61. The molecule has 0 spiro atoms. The average molecular weight is 249 g/mol. The minimum atomic E-state index is 0.480. The third kappa shape index (κ3) is 4.13. The van der Waals surface area contributed by atoms with Gasteiger partial charge in [-0.25, -0.2) is 4.98 Å². The molecule has 2 heterocycles. The number of aromatic nitrogens is 2. The van der Waals surface area contributed by atoms with E-state index < -0.39 is 0 Å². The van der Waals surface area contributed by atoms with E-state index in [1.165, 1.54) is 0 Å². The van der Waals surface area contributed by atoms with Gasteiger partial charge in [0, 0.05) is 18.3 Å². The zero-order valence-electron chi connectivity index (χ0n) is 9.34. The van der Waals surface area contributed by atoms with E-state index in [9.17, 15) is 0 Å². The molecule has 0 bridgehead atoms. The van der Waals surface area contributed by atoms with Crippen LogP contribution in [0.1, 0.15) is 11.4 Å². The Hall–Kier alpha value is -1.45. The third-order valence-electron chi connectivity index (χ3n) is 2.25. The lowest BCUT2D eigenvalue weighted by Gasteiger charge is -2.03. The van der Waals surface area contributed by atoms with Crippen LogP contribution < -0.4 is 0 Å². The van der Waals surface area contributed by atoms with Crippen molar-refractivity contribution >= 4 is 11.6 Å². The van der Waals surface area contributed by atoms with E-state index in [0.29, 0.717) is 18.4 Å². The number of pyridine rings is 2. The Morgan fingerprint density at radius 3 is 2.71 bits per heavy atom. The lowest BCUT2D eigenvalue weighted by molar-refractivity contribution is 0.120. The van der Waals surface area contributed by atoms with Crippen LogP contribution in [0.5, 0.6) is 0 Å². The first kappa shape index (κ1) is 12.0. The van der Waals surface area contributed by atoms with Crippen LogP contribution in [0.4, 0.5) is 0 Å². The van der Waals surface area contributed by atoms with Gasteiger partial charge in [-0.15, -0.1) is 0 Å². The van der Waals surface area contributed by atoms with E-state index in [2.05, 4.69) is 9.97 Å². The summed E-state index contributed by atoms with van der Waals surface area (Å²) in [6, 6.07) is 11.4. The molecule has 0 aliphatic carbocycles. The molecule has 0 fully saturated rings. The van der Waals surface area contributed by atoms with Gasteiger partial charge in [0.2, 0.25) is 0 Å². The summed E-state index contributed by atoms with van der Waals surface area (Å²) in [4.78, 5) is 8.36. The Morgan fingerprint density at radius 2 is 1.94 bits per heavy atom. The van der Waals surface area contributed by atoms with Gasteiger partial charge in [0.25, 0.3) is 0 Å². The van der Waals surface area contributed by atoms with E-state index in [1.807, 2.05) is 30.3 Å². The van der Waals surface area contributed by atoms with Crippen LogP contribution in [0.2, 0.25) is 5.15 Å². The molecule has 88 valence electrons. The minimum absolute atomic E-state index is 0.480. The molecular weight excluding hydrogens is 236 g/mol. The Bertz CT molecular complexity index is 462. The van der Waals surface area contributed by atoms with Crippen molar-refractivity contribution in [1.82, 2.24) is 9.97 Å². The Labute approximate surface area is 105 Å². The Kier molecular flexibility index (Phi) is 4.47. The van der Waals surface area contributed by atoms with Crippen LogP contribution in [0.15, 0.2) is 42.6 Å². The molecular formula is C13H13ClN2O. The van der Waals surface area contributed by atoms with Gasteiger partial charge in [0.05, 0.1) is 18.9 Å². The quantitative estimate of drug-likeness (QED) is 0.603. The first-order valence-electron chi connectivity index (χ1n) is 5.44. The number of ether oxygens (including phenoxy) is 1. The first-order chi connectivity index (χ1) is 8.34. The van der Waals surface area contributed by atoms with Crippen molar-refractivity contribution in [3.8, 4) is 0 Å².